The molecule has 1 saturated carbocycles. The van der Waals surface area contributed by atoms with Gasteiger partial charge < -0.3 is 10.2 Å². The second-order valence-electron chi connectivity index (χ2n) is 9.82. The molecule has 3 unspecified atom stereocenters. The highest BCUT2D eigenvalue weighted by Gasteiger charge is 2.39. The minimum absolute atomic E-state index is 0.000683. The Morgan fingerprint density at radius 1 is 1.24 bits per heavy atom. The molecule has 2 aromatic rings. The number of aromatic nitrogens is 2. The zero-order valence-electron chi connectivity index (χ0n) is 20.1. The van der Waals surface area contributed by atoms with Gasteiger partial charge in [-0.15, -0.1) is 0 Å². The molecular formula is C26H34ClN5O2. The minimum atomic E-state index is -0.257. The Labute approximate surface area is 206 Å². The Hall–Kier alpha value is -2.43. The summed E-state index contributed by atoms with van der Waals surface area (Å²) < 4.78 is 1.84. The third-order valence-corrected chi connectivity index (χ3v) is 7.97. The first-order valence-electron chi connectivity index (χ1n) is 12.5. The molecule has 0 radical (unpaired) electrons. The van der Waals surface area contributed by atoms with Crippen molar-refractivity contribution in [2.45, 2.75) is 76.9 Å². The van der Waals surface area contributed by atoms with E-state index < -0.39 is 0 Å². The summed E-state index contributed by atoms with van der Waals surface area (Å²) in [5.74, 6) is 0.238. The van der Waals surface area contributed by atoms with E-state index >= 15 is 0 Å². The number of fused-ring (bicyclic) bond motifs is 1. The molecule has 0 spiro atoms. The highest BCUT2D eigenvalue weighted by Crippen LogP contribution is 2.35. The van der Waals surface area contributed by atoms with Gasteiger partial charge in [-0.25, -0.2) is 0 Å². The number of carbonyl (C=O) groups is 2. The Balaban J connectivity index is 1.57. The van der Waals surface area contributed by atoms with Crippen LogP contribution in [0.2, 0.25) is 5.02 Å². The topological polar surface area (TPSA) is 91.0 Å². The van der Waals surface area contributed by atoms with E-state index in [0.29, 0.717) is 30.2 Å². The molecule has 1 aliphatic carbocycles. The van der Waals surface area contributed by atoms with Gasteiger partial charge in [0.2, 0.25) is 5.91 Å². The van der Waals surface area contributed by atoms with E-state index in [4.69, 9.17) is 11.6 Å². The van der Waals surface area contributed by atoms with Crippen molar-refractivity contribution in [2.75, 3.05) is 13.6 Å². The minimum Gasteiger partial charge on any atom is -0.338 e. The lowest BCUT2D eigenvalue weighted by molar-refractivity contribution is -0.141. The van der Waals surface area contributed by atoms with Crippen molar-refractivity contribution in [1.29, 1.82) is 5.26 Å². The maximum Gasteiger partial charge on any atom is 0.226 e. The highest BCUT2D eigenvalue weighted by atomic mass is 35.5. The monoisotopic (exact) mass is 483 g/mol. The summed E-state index contributed by atoms with van der Waals surface area (Å²) in [5, 5.41) is 18.4. The fraction of sp³-hybridized carbons (Fsp3) is 0.615. The molecule has 1 aromatic heterocycles. The van der Waals surface area contributed by atoms with Crippen LogP contribution >= 0.6 is 11.6 Å². The molecule has 1 aromatic carbocycles. The number of likely N-dealkylation sites (tertiary alicyclic amines) is 1. The summed E-state index contributed by atoms with van der Waals surface area (Å²) in [6.45, 7) is 3.10. The standard InChI is InChI=1S/C26H34ClN5O2/c1-17(29-2)25(33)14-21(18-7-4-3-5-8-18)26(34)31-12-6-9-20(31)16-32-24-11-10-19(27)13-22(24)23(15-28)30-32/h10-11,13,17-18,20-21,29H,3-9,12,14,16H2,1-2H3. The number of hydrogen-bond acceptors (Lipinski definition) is 5. The second kappa shape index (κ2) is 10.9. The predicted molar refractivity (Wildman–Crippen MR) is 132 cm³/mol. The van der Waals surface area contributed by atoms with E-state index in [9.17, 15) is 14.9 Å². The number of hydrogen-bond donors (Lipinski definition) is 1. The average molecular weight is 484 g/mol. The normalized spacial score (nSPS) is 20.9. The Morgan fingerprint density at radius 2 is 2.00 bits per heavy atom. The van der Waals surface area contributed by atoms with E-state index in [1.807, 2.05) is 22.6 Å². The SMILES string of the molecule is CNC(C)C(=O)CC(C(=O)N1CCCC1Cn1nc(C#N)c2cc(Cl)ccc21)C1CCCCC1. The molecule has 2 aliphatic rings. The zero-order chi connectivity index (χ0) is 24.2. The molecule has 7 nitrogen and oxygen atoms in total. The molecule has 8 heteroatoms. The van der Waals surface area contributed by atoms with Gasteiger partial charge in [-0.1, -0.05) is 30.9 Å². The molecule has 1 amide bonds. The quantitative estimate of drug-likeness (QED) is 0.603. The van der Waals surface area contributed by atoms with Crippen LogP contribution in [0, 0.1) is 23.2 Å². The molecule has 3 atom stereocenters. The molecule has 2 fully saturated rings. The number of carbonyl (C=O) groups excluding carboxylic acids is 2. The van der Waals surface area contributed by atoms with Crippen LogP contribution in [-0.2, 0) is 16.1 Å². The number of nitrogens with one attached hydrogen (secondary N) is 1. The molecule has 2 heterocycles. The van der Waals surface area contributed by atoms with Crippen LogP contribution in [-0.4, -0.2) is 52.0 Å². The highest BCUT2D eigenvalue weighted by molar-refractivity contribution is 6.31. The van der Waals surface area contributed by atoms with Gasteiger partial charge in [0.05, 0.1) is 24.1 Å². The van der Waals surface area contributed by atoms with Crippen LogP contribution in [0.3, 0.4) is 0 Å². The van der Waals surface area contributed by atoms with Gasteiger partial charge in [-0.2, -0.15) is 10.4 Å². The summed E-state index contributed by atoms with van der Waals surface area (Å²) >= 11 is 6.14. The molecule has 182 valence electrons. The molecule has 1 saturated heterocycles. The van der Waals surface area contributed by atoms with E-state index in [1.54, 1.807) is 19.2 Å². The first-order chi connectivity index (χ1) is 16.4. The number of ketones is 1. The number of Topliss-reactive ketones (excluding diaryl/α,β-unsaturated/α-hetero) is 1. The van der Waals surface area contributed by atoms with Crippen LogP contribution in [0.1, 0.15) is 64.0 Å². The smallest absolute Gasteiger partial charge is 0.226 e. The number of benzene rings is 1. The average Bonchev–Trinajstić information content (AvgIpc) is 3.46. The molecule has 1 N–H and O–H groups in total. The van der Waals surface area contributed by atoms with E-state index in [1.165, 1.54) is 6.42 Å². The Kier molecular flexibility index (Phi) is 7.90. The van der Waals surface area contributed by atoms with Crippen molar-refractivity contribution in [3.63, 3.8) is 0 Å². The fourth-order valence-electron chi connectivity index (χ4n) is 5.65. The Bertz CT molecular complexity index is 1080. The van der Waals surface area contributed by atoms with Crippen LogP contribution in [0.15, 0.2) is 18.2 Å². The maximum absolute atomic E-state index is 13.9. The van der Waals surface area contributed by atoms with E-state index in [2.05, 4.69) is 16.5 Å². The lowest BCUT2D eigenvalue weighted by Gasteiger charge is -2.35. The van der Waals surface area contributed by atoms with Crippen molar-refractivity contribution >= 4 is 34.2 Å². The summed E-state index contributed by atoms with van der Waals surface area (Å²) in [5.41, 5.74) is 1.20. The van der Waals surface area contributed by atoms with Crippen LogP contribution in [0.4, 0.5) is 0 Å². The van der Waals surface area contributed by atoms with Crippen molar-refractivity contribution in [2.24, 2.45) is 11.8 Å². The third-order valence-electron chi connectivity index (χ3n) is 7.74. The van der Waals surface area contributed by atoms with E-state index in [-0.39, 0.29) is 35.6 Å². The molecule has 1 aliphatic heterocycles. The summed E-state index contributed by atoms with van der Waals surface area (Å²) in [6.07, 6.45) is 7.64. The van der Waals surface area contributed by atoms with Gasteiger partial charge in [-0.3, -0.25) is 14.3 Å². The summed E-state index contributed by atoms with van der Waals surface area (Å²) in [6, 6.07) is 7.36. The number of nitrogens with zero attached hydrogens (tertiary/aromatic N) is 4. The van der Waals surface area contributed by atoms with Crippen molar-refractivity contribution < 1.29 is 9.59 Å². The molecule has 34 heavy (non-hydrogen) atoms. The first-order valence-corrected chi connectivity index (χ1v) is 12.9. The van der Waals surface area contributed by atoms with Gasteiger partial charge in [-0.05, 0) is 63.8 Å². The third kappa shape index (κ3) is 5.13. The van der Waals surface area contributed by atoms with E-state index in [0.717, 1.165) is 49.4 Å². The van der Waals surface area contributed by atoms with Gasteiger partial charge in [0, 0.05) is 29.3 Å². The van der Waals surface area contributed by atoms with Crippen LogP contribution in [0.5, 0.6) is 0 Å². The predicted octanol–water partition coefficient (Wildman–Crippen LogP) is 4.32. The number of nitriles is 1. The number of halogens is 1. The zero-order valence-corrected chi connectivity index (χ0v) is 20.9. The molecule has 0 bridgehead atoms. The van der Waals surface area contributed by atoms with Crippen LogP contribution < -0.4 is 5.32 Å². The van der Waals surface area contributed by atoms with Crippen molar-refractivity contribution in [1.82, 2.24) is 20.0 Å². The second-order valence-corrected chi connectivity index (χ2v) is 10.3. The molecular weight excluding hydrogens is 450 g/mol. The fourth-order valence-corrected chi connectivity index (χ4v) is 5.82. The summed E-state index contributed by atoms with van der Waals surface area (Å²) in [4.78, 5) is 28.7. The lowest BCUT2D eigenvalue weighted by Crippen LogP contribution is -2.45. The largest absolute Gasteiger partial charge is 0.338 e. The van der Waals surface area contributed by atoms with Crippen molar-refractivity contribution in [3.05, 3.63) is 28.9 Å². The number of rotatable bonds is 8. The lowest BCUT2D eigenvalue weighted by atomic mass is 9.76. The number of amides is 1. The van der Waals surface area contributed by atoms with Gasteiger partial charge >= 0.3 is 0 Å². The van der Waals surface area contributed by atoms with Gasteiger partial charge in [0.15, 0.2) is 5.69 Å². The molecule has 4 rings (SSSR count). The summed E-state index contributed by atoms with van der Waals surface area (Å²) in [7, 11) is 1.79. The number of likely N-dealkylation sites (N-methyl/N-ethyl adjacent to an activating group) is 1. The van der Waals surface area contributed by atoms with Gasteiger partial charge in [0.1, 0.15) is 11.9 Å². The van der Waals surface area contributed by atoms with Gasteiger partial charge in [0.25, 0.3) is 0 Å². The Morgan fingerprint density at radius 3 is 2.71 bits per heavy atom. The first kappa shape index (κ1) is 24.7. The van der Waals surface area contributed by atoms with Crippen LogP contribution in [0.25, 0.3) is 10.9 Å². The van der Waals surface area contributed by atoms with Crippen molar-refractivity contribution in [3.8, 4) is 6.07 Å². The maximum atomic E-state index is 13.9.